The summed E-state index contributed by atoms with van der Waals surface area (Å²) in [4.78, 5) is 12.4. The molecule has 1 N–H and O–H groups in total. The van der Waals surface area contributed by atoms with E-state index >= 15 is 0 Å². The number of nitrogens with one attached hydrogen (secondary N) is 1. The predicted octanol–water partition coefficient (Wildman–Crippen LogP) is 2.25. The third-order valence-corrected chi connectivity index (χ3v) is 6.18. The SMILES string of the molecule is CCc1ccc(S(=O)(=O)N2CCNC(=O)C2c2ccccc2F)cc1. The standard InChI is InChI=1S/C18H19FN2O3S/c1-2-13-7-9-14(10-8-13)25(23,24)21-12-11-20-18(22)17(21)15-5-3-4-6-16(15)19/h3-10,17H,2,11-12H2,1H3,(H,20,22). The molecule has 0 saturated carbocycles. The van der Waals surface area contributed by atoms with E-state index in [0.29, 0.717) is 0 Å². The van der Waals surface area contributed by atoms with Crippen LogP contribution in [0.3, 0.4) is 0 Å². The van der Waals surface area contributed by atoms with E-state index in [1.165, 1.54) is 30.3 Å². The van der Waals surface area contributed by atoms with Gasteiger partial charge >= 0.3 is 0 Å². The van der Waals surface area contributed by atoms with Crippen molar-refractivity contribution in [3.8, 4) is 0 Å². The molecule has 0 radical (unpaired) electrons. The minimum absolute atomic E-state index is 0.0495. The molecule has 0 spiro atoms. The van der Waals surface area contributed by atoms with Crippen LogP contribution < -0.4 is 5.32 Å². The first-order chi connectivity index (χ1) is 11.9. The van der Waals surface area contributed by atoms with E-state index in [4.69, 9.17) is 0 Å². The number of benzene rings is 2. The third-order valence-electron chi connectivity index (χ3n) is 4.31. The molecule has 1 fully saturated rings. The second kappa shape index (κ2) is 6.93. The average molecular weight is 362 g/mol. The van der Waals surface area contributed by atoms with Gasteiger partial charge in [0.1, 0.15) is 11.9 Å². The van der Waals surface area contributed by atoms with Gasteiger partial charge in [-0.25, -0.2) is 12.8 Å². The molecule has 132 valence electrons. The molecule has 1 aliphatic rings. The van der Waals surface area contributed by atoms with Gasteiger partial charge in [-0.3, -0.25) is 4.79 Å². The molecule has 7 heteroatoms. The number of rotatable bonds is 4. The monoisotopic (exact) mass is 362 g/mol. The second-order valence-corrected chi connectivity index (χ2v) is 7.72. The molecule has 1 atom stereocenters. The lowest BCUT2D eigenvalue weighted by molar-refractivity contribution is -0.127. The van der Waals surface area contributed by atoms with Gasteiger partial charge in [0.25, 0.3) is 0 Å². The molecule has 5 nitrogen and oxygen atoms in total. The Morgan fingerprint density at radius 1 is 1.16 bits per heavy atom. The molecule has 1 heterocycles. The number of sulfonamides is 1. The van der Waals surface area contributed by atoms with Crippen LogP contribution in [0.4, 0.5) is 4.39 Å². The van der Waals surface area contributed by atoms with Crippen LogP contribution in [-0.4, -0.2) is 31.7 Å². The van der Waals surface area contributed by atoms with Crippen molar-refractivity contribution in [3.05, 3.63) is 65.5 Å². The highest BCUT2D eigenvalue weighted by Gasteiger charge is 2.40. The predicted molar refractivity (Wildman–Crippen MR) is 91.9 cm³/mol. The Bertz CT molecular complexity index is 881. The van der Waals surface area contributed by atoms with Gasteiger partial charge in [-0.2, -0.15) is 4.31 Å². The van der Waals surface area contributed by atoms with Crippen LogP contribution >= 0.6 is 0 Å². The van der Waals surface area contributed by atoms with E-state index in [9.17, 15) is 17.6 Å². The van der Waals surface area contributed by atoms with Gasteiger partial charge in [0.2, 0.25) is 15.9 Å². The van der Waals surface area contributed by atoms with Crippen LogP contribution in [0.25, 0.3) is 0 Å². The van der Waals surface area contributed by atoms with Crippen molar-refractivity contribution in [2.45, 2.75) is 24.3 Å². The van der Waals surface area contributed by atoms with Crippen molar-refractivity contribution >= 4 is 15.9 Å². The molecule has 1 aliphatic heterocycles. The minimum atomic E-state index is -3.93. The molecule has 1 unspecified atom stereocenters. The molecular weight excluding hydrogens is 343 g/mol. The van der Waals surface area contributed by atoms with E-state index in [1.54, 1.807) is 18.2 Å². The molecular formula is C18H19FN2O3S. The first-order valence-corrected chi connectivity index (χ1v) is 9.52. The Hall–Kier alpha value is -2.25. The summed E-state index contributed by atoms with van der Waals surface area (Å²) in [5.74, 6) is -1.13. The summed E-state index contributed by atoms with van der Waals surface area (Å²) in [5.41, 5.74) is 1.06. The lowest BCUT2D eigenvalue weighted by Crippen LogP contribution is -2.52. The van der Waals surface area contributed by atoms with Gasteiger partial charge in [-0.05, 0) is 30.2 Å². The van der Waals surface area contributed by atoms with Crippen molar-refractivity contribution in [2.75, 3.05) is 13.1 Å². The van der Waals surface area contributed by atoms with E-state index in [-0.39, 0.29) is 23.5 Å². The highest BCUT2D eigenvalue weighted by Crippen LogP contribution is 2.31. The lowest BCUT2D eigenvalue weighted by atomic mass is 10.0. The first kappa shape index (κ1) is 17.6. The number of piperazine rings is 1. The quantitative estimate of drug-likeness (QED) is 0.907. The number of hydrogen-bond donors (Lipinski definition) is 1. The maximum Gasteiger partial charge on any atom is 0.244 e. The molecule has 2 aromatic rings. The zero-order chi connectivity index (χ0) is 18.0. The number of hydrogen-bond acceptors (Lipinski definition) is 3. The third kappa shape index (κ3) is 3.29. The number of aryl methyl sites for hydroxylation is 1. The molecule has 0 aromatic heterocycles. The maximum atomic E-state index is 14.2. The van der Waals surface area contributed by atoms with Crippen LogP contribution in [0.2, 0.25) is 0 Å². The van der Waals surface area contributed by atoms with E-state index in [0.717, 1.165) is 16.3 Å². The van der Waals surface area contributed by atoms with Crippen molar-refractivity contribution in [3.63, 3.8) is 0 Å². The minimum Gasteiger partial charge on any atom is -0.353 e. The summed E-state index contributed by atoms with van der Waals surface area (Å²) in [6.45, 7) is 2.26. The maximum absolute atomic E-state index is 14.2. The topological polar surface area (TPSA) is 66.5 Å². The molecule has 3 rings (SSSR count). The van der Waals surface area contributed by atoms with Gasteiger partial charge in [-0.15, -0.1) is 0 Å². The molecule has 25 heavy (non-hydrogen) atoms. The molecule has 0 bridgehead atoms. The highest BCUT2D eigenvalue weighted by molar-refractivity contribution is 7.89. The number of halogens is 1. The first-order valence-electron chi connectivity index (χ1n) is 8.08. The summed E-state index contributed by atoms with van der Waals surface area (Å²) >= 11 is 0. The van der Waals surface area contributed by atoms with Gasteiger partial charge in [-0.1, -0.05) is 37.3 Å². The fourth-order valence-electron chi connectivity index (χ4n) is 2.93. The van der Waals surface area contributed by atoms with Gasteiger partial charge in [0.15, 0.2) is 0 Å². The molecule has 0 aliphatic carbocycles. The Morgan fingerprint density at radius 3 is 2.48 bits per heavy atom. The van der Waals surface area contributed by atoms with Crippen LogP contribution in [0, 0.1) is 5.82 Å². The summed E-state index contributed by atoms with van der Waals surface area (Å²) in [6.07, 6.45) is 0.796. The Morgan fingerprint density at radius 2 is 1.84 bits per heavy atom. The Balaban J connectivity index is 2.05. The second-order valence-electron chi connectivity index (χ2n) is 5.83. The number of carbonyl (C=O) groups excluding carboxylic acids is 1. The number of amides is 1. The smallest absolute Gasteiger partial charge is 0.244 e. The number of nitrogens with zero attached hydrogens (tertiary/aromatic N) is 1. The highest BCUT2D eigenvalue weighted by atomic mass is 32.2. The molecule has 1 saturated heterocycles. The Kier molecular flexibility index (Phi) is 4.87. The van der Waals surface area contributed by atoms with E-state index in [2.05, 4.69) is 5.32 Å². The summed E-state index contributed by atoms with van der Waals surface area (Å²) in [5, 5.41) is 2.62. The zero-order valence-corrected chi connectivity index (χ0v) is 14.6. The fourth-order valence-corrected chi connectivity index (χ4v) is 4.50. The van der Waals surface area contributed by atoms with E-state index < -0.39 is 27.8 Å². The van der Waals surface area contributed by atoms with Crippen molar-refractivity contribution < 1.29 is 17.6 Å². The average Bonchev–Trinajstić information content (AvgIpc) is 2.62. The van der Waals surface area contributed by atoms with Gasteiger partial charge < -0.3 is 5.32 Å². The molecule has 2 aromatic carbocycles. The van der Waals surface area contributed by atoms with E-state index in [1.807, 2.05) is 6.92 Å². The summed E-state index contributed by atoms with van der Waals surface area (Å²) in [6, 6.07) is 11.1. The fraction of sp³-hybridized carbons (Fsp3) is 0.278. The number of carbonyl (C=O) groups is 1. The van der Waals surface area contributed by atoms with Gasteiger partial charge in [0.05, 0.1) is 4.90 Å². The van der Waals surface area contributed by atoms with Crippen molar-refractivity contribution in [1.29, 1.82) is 0 Å². The largest absolute Gasteiger partial charge is 0.353 e. The van der Waals surface area contributed by atoms with Crippen LogP contribution in [0.1, 0.15) is 24.1 Å². The van der Waals surface area contributed by atoms with Crippen LogP contribution in [-0.2, 0) is 21.2 Å². The Labute approximate surface area is 146 Å². The zero-order valence-electron chi connectivity index (χ0n) is 13.8. The molecule has 1 amide bonds. The summed E-state index contributed by atoms with van der Waals surface area (Å²) in [7, 11) is -3.93. The van der Waals surface area contributed by atoms with Gasteiger partial charge in [0, 0.05) is 18.7 Å². The lowest BCUT2D eigenvalue weighted by Gasteiger charge is -2.34. The summed E-state index contributed by atoms with van der Waals surface area (Å²) < 4.78 is 41.4. The van der Waals surface area contributed by atoms with Crippen LogP contribution in [0.5, 0.6) is 0 Å². The normalized spacial score (nSPS) is 18.8. The van der Waals surface area contributed by atoms with Crippen LogP contribution in [0.15, 0.2) is 53.4 Å². The van der Waals surface area contributed by atoms with Crippen molar-refractivity contribution in [1.82, 2.24) is 9.62 Å². The van der Waals surface area contributed by atoms with Crippen molar-refractivity contribution in [2.24, 2.45) is 0 Å².